The van der Waals surface area contributed by atoms with Crippen LogP contribution in [-0.2, 0) is 6.54 Å². The summed E-state index contributed by atoms with van der Waals surface area (Å²) in [7, 11) is 0. The van der Waals surface area contributed by atoms with E-state index in [-0.39, 0.29) is 0 Å². The van der Waals surface area contributed by atoms with Gasteiger partial charge >= 0.3 is 0 Å². The Labute approximate surface area is 98.9 Å². The van der Waals surface area contributed by atoms with E-state index in [0.29, 0.717) is 0 Å². The highest BCUT2D eigenvalue weighted by Crippen LogP contribution is 2.23. The van der Waals surface area contributed by atoms with E-state index in [1.165, 1.54) is 0 Å². The predicted octanol–water partition coefficient (Wildman–Crippen LogP) is 3.10. The average molecular weight is 227 g/mol. The largest absolute Gasteiger partial charge is 0.461 e. The minimum atomic E-state index is 0.788. The van der Waals surface area contributed by atoms with E-state index in [1.54, 1.807) is 12.5 Å². The van der Waals surface area contributed by atoms with Gasteiger partial charge in [-0.15, -0.1) is 0 Å². The van der Waals surface area contributed by atoms with Gasteiger partial charge < -0.3 is 8.98 Å². The van der Waals surface area contributed by atoms with Crippen LogP contribution in [0.3, 0.4) is 0 Å². The summed E-state index contributed by atoms with van der Waals surface area (Å²) in [6, 6.07) is 7.67. The topological polar surface area (TPSA) is 43.9 Å². The van der Waals surface area contributed by atoms with Gasteiger partial charge in [0.1, 0.15) is 5.52 Å². The van der Waals surface area contributed by atoms with Gasteiger partial charge in [-0.25, -0.2) is 9.97 Å². The van der Waals surface area contributed by atoms with Crippen molar-refractivity contribution in [3.8, 4) is 11.6 Å². The fourth-order valence-corrected chi connectivity index (χ4v) is 1.99. The highest BCUT2D eigenvalue weighted by Gasteiger charge is 2.14. The number of furan rings is 1. The summed E-state index contributed by atoms with van der Waals surface area (Å²) in [4.78, 5) is 8.97. The van der Waals surface area contributed by atoms with E-state index in [1.807, 2.05) is 24.3 Å². The van der Waals surface area contributed by atoms with Gasteiger partial charge in [0, 0.05) is 12.7 Å². The van der Waals surface area contributed by atoms with Crippen molar-refractivity contribution in [2.75, 3.05) is 0 Å². The smallest absolute Gasteiger partial charge is 0.178 e. The summed E-state index contributed by atoms with van der Waals surface area (Å²) in [5.41, 5.74) is 1.83. The summed E-state index contributed by atoms with van der Waals surface area (Å²) >= 11 is 0. The summed E-state index contributed by atoms with van der Waals surface area (Å²) in [5, 5.41) is 0. The Morgan fingerprint density at radius 2 is 2.24 bits per heavy atom. The highest BCUT2D eigenvalue weighted by molar-refractivity contribution is 5.75. The second-order valence-corrected chi connectivity index (χ2v) is 3.91. The fourth-order valence-electron chi connectivity index (χ4n) is 1.99. The Morgan fingerprint density at radius 3 is 3.00 bits per heavy atom. The second-order valence-electron chi connectivity index (χ2n) is 3.91. The predicted molar refractivity (Wildman–Crippen MR) is 65.5 cm³/mol. The Bertz CT molecular complexity index is 625. The molecule has 3 aromatic heterocycles. The molecule has 0 aromatic carbocycles. The van der Waals surface area contributed by atoms with Gasteiger partial charge in [-0.05, 0) is 30.7 Å². The summed E-state index contributed by atoms with van der Waals surface area (Å²) in [6.45, 7) is 3.03. The maximum Gasteiger partial charge on any atom is 0.178 e. The molecule has 0 amide bonds. The number of hydrogen-bond acceptors (Lipinski definition) is 3. The zero-order chi connectivity index (χ0) is 11.7. The average Bonchev–Trinajstić information content (AvgIpc) is 2.97. The number of rotatable bonds is 3. The summed E-state index contributed by atoms with van der Waals surface area (Å²) < 4.78 is 7.53. The molecule has 0 unspecified atom stereocenters. The van der Waals surface area contributed by atoms with Gasteiger partial charge in [0.2, 0.25) is 0 Å². The van der Waals surface area contributed by atoms with E-state index in [0.717, 1.165) is 35.7 Å². The first-order valence-electron chi connectivity index (χ1n) is 5.75. The number of pyridine rings is 1. The number of fused-ring (bicyclic) bond motifs is 1. The van der Waals surface area contributed by atoms with Crippen LogP contribution in [0.25, 0.3) is 22.7 Å². The molecule has 0 fully saturated rings. The molecule has 86 valence electrons. The third kappa shape index (κ3) is 1.62. The monoisotopic (exact) mass is 227 g/mol. The van der Waals surface area contributed by atoms with Crippen LogP contribution in [0.4, 0.5) is 0 Å². The first kappa shape index (κ1) is 10.1. The molecule has 0 aliphatic rings. The zero-order valence-electron chi connectivity index (χ0n) is 9.63. The highest BCUT2D eigenvalue weighted by atomic mass is 16.3. The van der Waals surface area contributed by atoms with Crippen LogP contribution in [0.2, 0.25) is 0 Å². The molecule has 3 rings (SSSR count). The lowest BCUT2D eigenvalue weighted by molar-refractivity contribution is 0.568. The minimum absolute atomic E-state index is 0.788. The van der Waals surface area contributed by atoms with Crippen molar-refractivity contribution in [2.45, 2.75) is 19.9 Å². The molecule has 0 atom stereocenters. The number of imidazole rings is 1. The lowest BCUT2D eigenvalue weighted by Crippen LogP contribution is -2.00. The Balaban J connectivity index is 2.26. The molecular formula is C13H13N3O. The third-order valence-electron chi connectivity index (χ3n) is 2.69. The van der Waals surface area contributed by atoms with Gasteiger partial charge in [-0.1, -0.05) is 6.92 Å². The molecule has 0 bridgehead atoms. The van der Waals surface area contributed by atoms with E-state index >= 15 is 0 Å². The Kier molecular flexibility index (Phi) is 2.40. The van der Waals surface area contributed by atoms with Crippen LogP contribution in [0.1, 0.15) is 13.3 Å². The van der Waals surface area contributed by atoms with Gasteiger partial charge in [0.15, 0.2) is 17.2 Å². The van der Waals surface area contributed by atoms with Crippen LogP contribution >= 0.6 is 0 Å². The van der Waals surface area contributed by atoms with Crippen molar-refractivity contribution in [2.24, 2.45) is 0 Å². The van der Waals surface area contributed by atoms with E-state index in [2.05, 4.69) is 21.5 Å². The Morgan fingerprint density at radius 1 is 1.29 bits per heavy atom. The molecule has 0 radical (unpaired) electrons. The molecule has 0 aliphatic heterocycles. The van der Waals surface area contributed by atoms with Crippen LogP contribution in [0.5, 0.6) is 0 Å². The maximum absolute atomic E-state index is 5.42. The third-order valence-corrected chi connectivity index (χ3v) is 2.69. The van der Waals surface area contributed by atoms with Crippen molar-refractivity contribution >= 4 is 11.2 Å². The van der Waals surface area contributed by atoms with Crippen LogP contribution in [0, 0.1) is 0 Å². The quantitative estimate of drug-likeness (QED) is 0.690. The first-order chi connectivity index (χ1) is 8.40. The number of aryl methyl sites for hydroxylation is 1. The van der Waals surface area contributed by atoms with Crippen molar-refractivity contribution in [1.29, 1.82) is 0 Å². The second kappa shape index (κ2) is 4.05. The lowest BCUT2D eigenvalue weighted by atomic mass is 10.4. The van der Waals surface area contributed by atoms with Gasteiger partial charge in [0.25, 0.3) is 0 Å². The summed E-state index contributed by atoms with van der Waals surface area (Å²) in [6.07, 6.45) is 4.50. The zero-order valence-corrected chi connectivity index (χ0v) is 9.63. The molecular weight excluding hydrogens is 214 g/mol. The number of nitrogens with zero attached hydrogens (tertiary/aromatic N) is 3. The van der Waals surface area contributed by atoms with Gasteiger partial charge in [0.05, 0.1) is 6.26 Å². The molecule has 0 N–H and O–H groups in total. The standard InChI is InChI=1S/C13H13N3O/c1-2-8-16-12-10(5-3-7-14-12)15-13(16)11-6-4-9-17-11/h3-7,9H,2,8H2,1H3. The van der Waals surface area contributed by atoms with Crippen LogP contribution in [-0.4, -0.2) is 14.5 Å². The van der Waals surface area contributed by atoms with Crippen molar-refractivity contribution in [1.82, 2.24) is 14.5 Å². The molecule has 4 heteroatoms. The van der Waals surface area contributed by atoms with Gasteiger partial charge in [-0.3, -0.25) is 0 Å². The molecule has 3 heterocycles. The molecule has 4 nitrogen and oxygen atoms in total. The minimum Gasteiger partial charge on any atom is -0.461 e. The molecule has 0 spiro atoms. The lowest BCUT2D eigenvalue weighted by Gasteiger charge is -2.04. The molecule has 0 saturated carbocycles. The van der Waals surface area contributed by atoms with Crippen molar-refractivity contribution in [3.05, 3.63) is 36.7 Å². The van der Waals surface area contributed by atoms with E-state index < -0.39 is 0 Å². The van der Waals surface area contributed by atoms with Gasteiger partial charge in [-0.2, -0.15) is 0 Å². The van der Waals surface area contributed by atoms with Crippen molar-refractivity contribution < 1.29 is 4.42 Å². The normalized spacial score (nSPS) is 11.1. The molecule has 17 heavy (non-hydrogen) atoms. The fraction of sp³-hybridized carbons (Fsp3) is 0.231. The maximum atomic E-state index is 5.42. The van der Waals surface area contributed by atoms with E-state index in [9.17, 15) is 0 Å². The number of aromatic nitrogens is 3. The van der Waals surface area contributed by atoms with E-state index in [4.69, 9.17) is 4.42 Å². The molecule has 0 saturated heterocycles. The SMILES string of the molecule is CCCn1c(-c2ccco2)nc2cccnc21. The molecule has 0 aliphatic carbocycles. The Hall–Kier alpha value is -2.10. The molecule has 3 aromatic rings. The summed E-state index contributed by atoms with van der Waals surface area (Å²) in [5.74, 6) is 1.64. The van der Waals surface area contributed by atoms with Crippen molar-refractivity contribution in [3.63, 3.8) is 0 Å². The van der Waals surface area contributed by atoms with Crippen LogP contribution < -0.4 is 0 Å². The van der Waals surface area contributed by atoms with Crippen LogP contribution in [0.15, 0.2) is 41.1 Å². The first-order valence-corrected chi connectivity index (χ1v) is 5.75. The number of hydrogen-bond donors (Lipinski definition) is 0.